The van der Waals surface area contributed by atoms with Gasteiger partial charge in [0.1, 0.15) is 5.75 Å². The molecule has 0 spiro atoms. The average molecular weight is 250 g/mol. The summed E-state index contributed by atoms with van der Waals surface area (Å²) in [6.07, 6.45) is 6.46. The maximum absolute atomic E-state index is 9.23. The molecule has 102 valence electrons. The van der Waals surface area contributed by atoms with Crippen molar-refractivity contribution in [3.63, 3.8) is 0 Å². The first-order valence-electron chi connectivity index (χ1n) is 7.12. The Balaban J connectivity index is 2.23. The van der Waals surface area contributed by atoms with Crippen LogP contribution >= 0.6 is 0 Å². The molecule has 0 saturated heterocycles. The zero-order chi connectivity index (χ0) is 13.2. The number of benzene rings is 1. The summed E-state index contributed by atoms with van der Waals surface area (Å²) in [6, 6.07) is 8.22. The van der Waals surface area contributed by atoms with Gasteiger partial charge in [0.15, 0.2) is 0 Å². The molecule has 1 rings (SSSR count). The highest BCUT2D eigenvalue weighted by molar-refractivity contribution is 5.27. The van der Waals surface area contributed by atoms with Crippen LogP contribution in [0.1, 0.15) is 51.5 Å². The smallest absolute Gasteiger partial charge is 0.119 e. The molecule has 0 aromatic heterocycles. The van der Waals surface area contributed by atoms with Crippen LogP contribution in [0.15, 0.2) is 24.3 Å². The zero-order valence-corrected chi connectivity index (χ0v) is 11.7. The van der Waals surface area contributed by atoms with Gasteiger partial charge in [-0.05, 0) is 43.9 Å². The fourth-order valence-electron chi connectivity index (χ4n) is 1.85. The Morgan fingerprint density at radius 3 is 2.44 bits per heavy atom. The highest BCUT2D eigenvalue weighted by Crippen LogP contribution is 2.14. The predicted molar refractivity (Wildman–Crippen MR) is 76.1 cm³/mol. The molecule has 1 aromatic carbocycles. The molecule has 0 heterocycles. The molecule has 1 atom stereocenters. The van der Waals surface area contributed by atoms with E-state index in [1.165, 1.54) is 24.8 Å². The molecule has 0 saturated carbocycles. The maximum Gasteiger partial charge on any atom is 0.119 e. The second kappa shape index (κ2) is 8.98. The number of ether oxygens (including phenoxy) is 1. The maximum atomic E-state index is 9.23. The minimum atomic E-state index is -0.223. The summed E-state index contributed by atoms with van der Waals surface area (Å²) in [5.74, 6) is 0.951. The van der Waals surface area contributed by atoms with Gasteiger partial charge in [-0.25, -0.2) is 0 Å². The van der Waals surface area contributed by atoms with E-state index in [9.17, 15) is 5.11 Å². The third kappa shape index (κ3) is 6.65. The first-order valence-corrected chi connectivity index (χ1v) is 7.12. The van der Waals surface area contributed by atoms with Gasteiger partial charge in [-0.2, -0.15) is 0 Å². The number of aliphatic hydroxyl groups is 1. The van der Waals surface area contributed by atoms with Gasteiger partial charge in [-0.15, -0.1) is 0 Å². The van der Waals surface area contributed by atoms with Crippen LogP contribution < -0.4 is 4.74 Å². The summed E-state index contributed by atoms with van der Waals surface area (Å²) in [7, 11) is 0. The minimum Gasteiger partial charge on any atom is -0.494 e. The van der Waals surface area contributed by atoms with E-state index in [4.69, 9.17) is 4.74 Å². The highest BCUT2D eigenvalue weighted by atomic mass is 16.5. The Morgan fingerprint density at radius 2 is 1.83 bits per heavy atom. The van der Waals surface area contributed by atoms with Crippen molar-refractivity contribution in [2.24, 2.45) is 0 Å². The van der Waals surface area contributed by atoms with E-state index in [1.54, 1.807) is 0 Å². The summed E-state index contributed by atoms with van der Waals surface area (Å²) in [5, 5.41) is 9.23. The normalized spacial score (nSPS) is 12.4. The van der Waals surface area contributed by atoms with E-state index in [0.717, 1.165) is 31.6 Å². The molecule has 0 aliphatic carbocycles. The number of rotatable bonds is 9. The molecule has 0 aliphatic heterocycles. The lowest BCUT2D eigenvalue weighted by atomic mass is 10.1. The summed E-state index contributed by atoms with van der Waals surface area (Å²) >= 11 is 0. The third-order valence-corrected chi connectivity index (χ3v) is 3.04. The van der Waals surface area contributed by atoms with Crippen LogP contribution in [0.2, 0.25) is 0 Å². The van der Waals surface area contributed by atoms with Crippen LogP contribution in [0.4, 0.5) is 0 Å². The topological polar surface area (TPSA) is 29.5 Å². The van der Waals surface area contributed by atoms with Gasteiger partial charge < -0.3 is 9.84 Å². The van der Waals surface area contributed by atoms with Crippen molar-refractivity contribution in [3.05, 3.63) is 29.8 Å². The Bertz CT molecular complexity index is 303. The summed E-state index contributed by atoms with van der Waals surface area (Å²) < 4.78 is 5.68. The Labute approximate surface area is 111 Å². The lowest BCUT2D eigenvalue weighted by molar-refractivity contribution is 0.185. The largest absolute Gasteiger partial charge is 0.494 e. The van der Waals surface area contributed by atoms with Crippen LogP contribution in [-0.4, -0.2) is 17.8 Å². The minimum absolute atomic E-state index is 0.223. The second-order valence-electron chi connectivity index (χ2n) is 4.94. The second-order valence-corrected chi connectivity index (χ2v) is 4.94. The number of aryl methyl sites for hydroxylation is 1. The van der Waals surface area contributed by atoms with Crippen molar-refractivity contribution >= 4 is 0 Å². The van der Waals surface area contributed by atoms with Crippen LogP contribution in [0.3, 0.4) is 0 Å². The van der Waals surface area contributed by atoms with Gasteiger partial charge in [-0.1, -0.05) is 38.3 Å². The lowest BCUT2D eigenvalue weighted by Gasteiger charge is -2.08. The Hall–Kier alpha value is -1.02. The fraction of sp³-hybridized carbons (Fsp3) is 0.625. The summed E-state index contributed by atoms with van der Waals surface area (Å²) in [5.41, 5.74) is 1.26. The predicted octanol–water partition coefficient (Wildman–Crippen LogP) is 3.96. The number of unbranched alkanes of at least 4 members (excludes halogenated alkanes) is 3. The van der Waals surface area contributed by atoms with Crippen LogP contribution in [-0.2, 0) is 6.42 Å². The molecule has 1 aromatic rings. The molecule has 0 aliphatic rings. The third-order valence-electron chi connectivity index (χ3n) is 3.04. The quantitative estimate of drug-likeness (QED) is 0.672. The first-order chi connectivity index (χ1) is 8.72. The van der Waals surface area contributed by atoms with Gasteiger partial charge in [-0.3, -0.25) is 0 Å². The van der Waals surface area contributed by atoms with Crippen LogP contribution in [0, 0.1) is 0 Å². The van der Waals surface area contributed by atoms with Gasteiger partial charge >= 0.3 is 0 Å². The fourth-order valence-corrected chi connectivity index (χ4v) is 1.85. The molecule has 0 radical (unpaired) electrons. The van der Waals surface area contributed by atoms with Crippen molar-refractivity contribution < 1.29 is 9.84 Å². The number of hydrogen-bond acceptors (Lipinski definition) is 2. The average Bonchev–Trinajstić information content (AvgIpc) is 2.37. The highest BCUT2D eigenvalue weighted by Gasteiger charge is 1.99. The Kier molecular flexibility index (Phi) is 7.51. The van der Waals surface area contributed by atoms with Crippen molar-refractivity contribution in [1.29, 1.82) is 0 Å². The van der Waals surface area contributed by atoms with Crippen molar-refractivity contribution in [3.8, 4) is 5.75 Å². The van der Waals surface area contributed by atoms with E-state index >= 15 is 0 Å². The van der Waals surface area contributed by atoms with E-state index in [-0.39, 0.29) is 6.10 Å². The van der Waals surface area contributed by atoms with Crippen molar-refractivity contribution in [1.82, 2.24) is 0 Å². The van der Waals surface area contributed by atoms with Crippen LogP contribution in [0.5, 0.6) is 5.75 Å². The molecule has 2 nitrogen and oxygen atoms in total. The monoisotopic (exact) mass is 250 g/mol. The molecule has 0 amide bonds. The van der Waals surface area contributed by atoms with E-state index in [1.807, 2.05) is 19.1 Å². The summed E-state index contributed by atoms with van der Waals surface area (Å²) in [4.78, 5) is 0. The number of hydrogen-bond donors (Lipinski definition) is 1. The standard InChI is InChI=1S/C16H26O2/c1-3-4-5-6-13-18-16-11-9-15(10-12-16)8-7-14(2)17/h9-12,14,17H,3-8,13H2,1-2H3. The van der Waals surface area contributed by atoms with E-state index < -0.39 is 0 Å². The SMILES string of the molecule is CCCCCCOc1ccc(CCC(C)O)cc1. The van der Waals surface area contributed by atoms with Crippen molar-refractivity contribution in [2.45, 2.75) is 58.5 Å². The van der Waals surface area contributed by atoms with E-state index in [2.05, 4.69) is 19.1 Å². The molecule has 0 fully saturated rings. The molecule has 18 heavy (non-hydrogen) atoms. The van der Waals surface area contributed by atoms with Crippen LogP contribution in [0.25, 0.3) is 0 Å². The zero-order valence-electron chi connectivity index (χ0n) is 11.7. The molecular formula is C16H26O2. The molecule has 1 unspecified atom stereocenters. The van der Waals surface area contributed by atoms with E-state index in [0.29, 0.717) is 0 Å². The molecule has 2 heteroatoms. The van der Waals surface area contributed by atoms with Crippen molar-refractivity contribution in [2.75, 3.05) is 6.61 Å². The van der Waals surface area contributed by atoms with Gasteiger partial charge in [0.05, 0.1) is 12.7 Å². The Morgan fingerprint density at radius 1 is 1.11 bits per heavy atom. The molecule has 0 bridgehead atoms. The molecular weight excluding hydrogens is 224 g/mol. The lowest BCUT2D eigenvalue weighted by Crippen LogP contribution is -2.01. The van der Waals surface area contributed by atoms with Gasteiger partial charge in [0.25, 0.3) is 0 Å². The van der Waals surface area contributed by atoms with Gasteiger partial charge in [0, 0.05) is 0 Å². The number of aliphatic hydroxyl groups excluding tert-OH is 1. The molecule has 1 N–H and O–H groups in total. The van der Waals surface area contributed by atoms with Gasteiger partial charge in [0.2, 0.25) is 0 Å². The first kappa shape index (κ1) is 15.0. The summed E-state index contributed by atoms with van der Waals surface area (Å²) in [6.45, 7) is 4.85.